The van der Waals surface area contributed by atoms with Gasteiger partial charge in [-0.05, 0) is 32.0 Å². The quantitative estimate of drug-likeness (QED) is 0.509. The molecular weight excluding hydrogens is 420 g/mol. The minimum absolute atomic E-state index is 0.0643. The average molecular weight is 453 g/mol. The molecule has 1 atom stereocenters. The molecule has 2 aromatic carbocycles. The summed E-state index contributed by atoms with van der Waals surface area (Å²) >= 11 is 0. The van der Waals surface area contributed by atoms with Crippen LogP contribution in [0.25, 0.3) is 11.5 Å². The highest BCUT2D eigenvalue weighted by Gasteiger charge is 2.27. The molecule has 3 aromatic rings. The Bertz CT molecular complexity index is 1060. The molecule has 176 valence electrons. The first-order valence-electron chi connectivity index (χ1n) is 11.2. The van der Waals surface area contributed by atoms with Crippen molar-refractivity contribution in [3.63, 3.8) is 0 Å². The number of ether oxygens (including phenoxy) is 3. The Morgan fingerprint density at radius 1 is 0.879 bits per heavy atom. The molecular formula is C25H32N4O4. The van der Waals surface area contributed by atoms with Crippen molar-refractivity contribution < 1.29 is 18.6 Å². The fourth-order valence-corrected chi connectivity index (χ4v) is 4.21. The van der Waals surface area contributed by atoms with Crippen LogP contribution in [0.2, 0.25) is 0 Å². The van der Waals surface area contributed by atoms with Crippen LogP contribution in [-0.2, 0) is 6.54 Å². The molecule has 0 aliphatic carbocycles. The van der Waals surface area contributed by atoms with Crippen LogP contribution in [0.3, 0.4) is 0 Å². The van der Waals surface area contributed by atoms with Gasteiger partial charge in [-0.15, -0.1) is 10.2 Å². The first kappa shape index (κ1) is 23.1. The molecule has 0 spiro atoms. The second kappa shape index (κ2) is 10.2. The number of piperazine rings is 1. The highest BCUT2D eigenvalue weighted by atomic mass is 16.5. The molecule has 1 fully saturated rings. The van der Waals surface area contributed by atoms with Gasteiger partial charge in [-0.3, -0.25) is 9.80 Å². The maximum Gasteiger partial charge on any atom is 0.247 e. The number of rotatable bonds is 8. The summed E-state index contributed by atoms with van der Waals surface area (Å²) < 4.78 is 22.6. The molecule has 0 bridgehead atoms. The van der Waals surface area contributed by atoms with Gasteiger partial charge in [-0.1, -0.05) is 23.8 Å². The molecule has 0 saturated carbocycles. The third-order valence-electron chi connectivity index (χ3n) is 6.23. The van der Waals surface area contributed by atoms with Crippen molar-refractivity contribution in [1.29, 1.82) is 0 Å². The number of aromatic nitrogens is 2. The normalized spacial score (nSPS) is 15.9. The first-order chi connectivity index (χ1) is 16.0. The number of hydrogen-bond acceptors (Lipinski definition) is 8. The van der Waals surface area contributed by atoms with E-state index in [1.165, 1.54) is 5.56 Å². The fraction of sp³-hybridized carbons (Fsp3) is 0.440. The predicted octanol–water partition coefficient (Wildman–Crippen LogP) is 3.95. The number of methoxy groups -OCH3 is 3. The summed E-state index contributed by atoms with van der Waals surface area (Å²) in [5.74, 6) is 3.24. The summed E-state index contributed by atoms with van der Waals surface area (Å²) in [7, 11) is 4.92. The first-order valence-corrected chi connectivity index (χ1v) is 11.2. The number of aryl methyl sites for hydroxylation is 1. The molecule has 0 amide bonds. The Balaban J connectivity index is 1.38. The van der Waals surface area contributed by atoms with Gasteiger partial charge >= 0.3 is 0 Å². The lowest BCUT2D eigenvalue weighted by molar-refractivity contribution is 0.0870. The highest BCUT2D eigenvalue weighted by Crippen LogP contribution is 2.40. The number of hydrogen-bond donors (Lipinski definition) is 0. The van der Waals surface area contributed by atoms with Crippen LogP contribution in [0.1, 0.15) is 30.0 Å². The Morgan fingerprint density at radius 2 is 1.58 bits per heavy atom. The summed E-state index contributed by atoms with van der Waals surface area (Å²) in [6, 6.07) is 12.2. The van der Waals surface area contributed by atoms with Crippen LogP contribution in [0.5, 0.6) is 17.2 Å². The summed E-state index contributed by atoms with van der Waals surface area (Å²) in [6.45, 7) is 8.66. The van der Waals surface area contributed by atoms with E-state index < -0.39 is 0 Å². The van der Waals surface area contributed by atoms with E-state index in [1.807, 2.05) is 24.3 Å². The third kappa shape index (κ3) is 4.96. The maximum absolute atomic E-state index is 6.00. The largest absolute Gasteiger partial charge is 0.493 e. The molecule has 2 heterocycles. The Labute approximate surface area is 195 Å². The standard InChI is InChI=1S/C25H32N4O4/c1-17-6-8-19(9-7-17)25-27-26-24(33-25)18(2)29-14-12-28(13-15-29)16-20-10-11-21(30-3)23(32-5)22(20)31-4/h6-11,18H,12-16H2,1-5H3. The second-order valence-electron chi connectivity index (χ2n) is 8.29. The van der Waals surface area contributed by atoms with Crippen LogP contribution in [0.15, 0.2) is 40.8 Å². The van der Waals surface area contributed by atoms with Crippen molar-refractivity contribution in [2.24, 2.45) is 0 Å². The molecule has 8 nitrogen and oxygen atoms in total. The lowest BCUT2D eigenvalue weighted by atomic mass is 10.1. The van der Waals surface area contributed by atoms with E-state index in [0.717, 1.165) is 49.6 Å². The molecule has 1 saturated heterocycles. The monoisotopic (exact) mass is 452 g/mol. The van der Waals surface area contributed by atoms with E-state index in [9.17, 15) is 0 Å². The lowest BCUT2D eigenvalue weighted by Gasteiger charge is -2.37. The van der Waals surface area contributed by atoms with Crippen molar-refractivity contribution in [3.05, 3.63) is 53.4 Å². The van der Waals surface area contributed by atoms with Crippen LogP contribution in [-0.4, -0.2) is 67.5 Å². The molecule has 4 rings (SSSR count). The molecule has 1 aromatic heterocycles. The highest BCUT2D eigenvalue weighted by molar-refractivity contribution is 5.56. The van der Waals surface area contributed by atoms with E-state index in [1.54, 1.807) is 21.3 Å². The van der Waals surface area contributed by atoms with Gasteiger partial charge in [0.25, 0.3) is 0 Å². The zero-order chi connectivity index (χ0) is 23.4. The average Bonchev–Trinajstić information content (AvgIpc) is 3.34. The summed E-state index contributed by atoms with van der Waals surface area (Å²) in [4.78, 5) is 4.80. The Hall–Kier alpha value is -3.10. The van der Waals surface area contributed by atoms with Crippen molar-refractivity contribution in [1.82, 2.24) is 20.0 Å². The smallest absolute Gasteiger partial charge is 0.247 e. The van der Waals surface area contributed by atoms with E-state index in [-0.39, 0.29) is 6.04 Å². The fourth-order valence-electron chi connectivity index (χ4n) is 4.21. The van der Waals surface area contributed by atoms with E-state index in [4.69, 9.17) is 18.6 Å². The van der Waals surface area contributed by atoms with Gasteiger partial charge in [-0.2, -0.15) is 0 Å². The van der Waals surface area contributed by atoms with Crippen molar-refractivity contribution in [2.75, 3.05) is 47.5 Å². The molecule has 1 unspecified atom stereocenters. The molecule has 33 heavy (non-hydrogen) atoms. The lowest BCUT2D eigenvalue weighted by Crippen LogP contribution is -2.46. The summed E-state index contributed by atoms with van der Waals surface area (Å²) in [6.07, 6.45) is 0. The van der Waals surface area contributed by atoms with Gasteiger partial charge in [0.05, 0.1) is 27.4 Å². The summed E-state index contributed by atoms with van der Waals surface area (Å²) in [5, 5.41) is 8.58. The number of nitrogens with zero attached hydrogens (tertiary/aromatic N) is 4. The van der Waals surface area contributed by atoms with Crippen LogP contribution < -0.4 is 14.2 Å². The zero-order valence-corrected chi connectivity index (χ0v) is 20.0. The predicted molar refractivity (Wildman–Crippen MR) is 126 cm³/mol. The molecule has 0 N–H and O–H groups in total. The SMILES string of the molecule is COc1ccc(CN2CCN(C(C)c3nnc(-c4ccc(C)cc4)o3)CC2)c(OC)c1OC. The van der Waals surface area contributed by atoms with E-state index in [2.05, 4.69) is 46.0 Å². The molecule has 0 radical (unpaired) electrons. The minimum Gasteiger partial charge on any atom is -0.493 e. The van der Waals surface area contributed by atoms with Gasteiger partial charge in [0.2, 0.25) is 17.5 Å². The Kier molecular flexibility index (Phi) is 7.15. The van der Waals surface area contributed by atoms with Crippen LogP contribution >= 0.6 is 0 Å². The van der Waals surface area contributed by atoms with Gasteiger partial charge in [0.1, 0.15) is 0 Å². The van der Waals surface area contributed by atoms with E-state index >= 15 is 0 Å². The van der Waals surface area contributed by atoms with E-state index in [0.29, 0.717) is 23.3 Å². The Morgan fingerprint density at radius 3 is 2.21 bits per heavy atom. The van der Waals surface area contributed by atoms with Crippen molar-refractivity contribution in [3.8, 4) is 28.7 Å². The summed E-state index contributed by atoms with van der Waals surface area (Å²) in [5.41, 5.74) is 3.23. The molecule has 8 heteroatoms. The van der Waals surface area contributed by atoms with Gasteiger partial charge in [0, 0.05) is 43.9 Å². The van der Waals surface area contributed by atoms with Crippen molar-refractivity contribution >= 4 is 0 Å². The van der Waals surface area contributed by atoms with Crippen LogP contribution in [0.4, 0.5) is 0 Å². The molecule has 1 aliphatic rings. The van der Waals surface area contributed by atoms with Gasteiger partial charge in [-0.25, -0.2) is 0 Å². The van der Waals surface area contributed by atoms with Crippen molar-refractivity contribution in [2.45, 2.75) is 26.4 Å². The minimum atomic E-state index is 0.0643. The van der Waals surface area contributed by atoms with Crippen LogP contribution in [0, 0.1) is 6.92 Å². The number of benzene rings is 2. The van der Waals surface area contributed by atoms with Gasteiger partial charge < -0.3 is 18.6 Å². The zero-order valence-electron chi connectivity index (χ0n) is 20.0. The maximum atomic E-state index is 6.00. The third-order valence-corrected chi connectivity index (χ3v) is 6.23. The second-order valence-corrected chi connectivity index (χ2v) is 8.29. The molecule has 1 aliphatic heterocycles. The topological polar surface area (TPSA) is 73.1 Å². The van der Waals surface area contributed by atoms with Gasteiger partial charge in [0.15, 0.2) is 11.5 Å².